The Morgan fingerprint density at radius 1 is 1.36 bits per heavy atom. The molecule has 1 aliphatic carbocycles. The summed E-state index contributed by atoms with van der Waals surface area (Å²) in [5.41, 5.74) is 0.564. The molecule has 2 aromatic heterocycles. The minimum absolute atomic E-state index is 0.0393. The number of amides is 1. The number of ether oxygens (including phenoxy) is 1. The number of aromatic nitrogens is 3. The van der Waals surface area contributed by atoms with Crippen LogP contribution in [0, 0.1) is 5.92 Å². The average molecular weight is 300 g/mol. The van der Waals surface area contributed by atoms with Crippen LogP contribution in [0.25, 0.3) is 0 Å². The maximum atomic E-state index is 12.6. The van der Waals surface area contributed by atoms with Crippen molar-refractivity contribution in [2.24, 2.45) is 5.92 Å². The Hall–Kier alpha value is -2.08. The Balaban J connectivity index is 1.50. The molecule has 3 heterocycles. The molecule has 116 valence electrons. The number of hydrogen-bond acceptors (Lipinski definition) is 3. The summed E-state index contributed by atoms with van der Waals surface area (Å²) in [6.07, 6.45) is 9.57. The molecule has 1 N–H and O–H groups in total. The Bertz CT molecular complexity index is 623. The number of morpholine rings is 1. The molecule has 0 spiro atoms. The number of hydrogen-bond donors (Lipinski definition) is 1. The van der Waals surface area contributed by atoms with Crippen molar-refractivity contribution < 1.29 is 9.53 Å². The van der Waals surface area contributed by atoms with Gasteiger partial charge < -0.3 is 19.2 Å². The zero-order valence-electron chi connectivity index (χ0n) is 12.4. The molecule has 22 heavy (non-hydrogen) atoms. The largest absolute Gasteiger partial charge is 0.374 e. The predicted molar refractivity (Wildman–Crippen MR) is 80.3 cm³/mol. The van der Waals surface area contributed by atoms with Crippen LogP contribution in [-0.2, 0) is 11.3 Å². The standard InChI is InChI=1S/C16H20N4O2/c21-16(13-9-17-11-18-13)20-7-8-22-15-12(3-4-14(15)20)10-19-5-1-2-6-19/h1-2,5-6,9,11-12,14-15H,3-4,7-8,10H2,(H,17,18). The summed E-state index contributed by atoms with van der Waals surface area (Å²) in [6.45, 7) is 2.23. The Labute approximate surface area is 129 Å². The highest BCUT2D eigenvalue weighted by molar-refractivity contribution is 5.92. The minimum atomic E-state index is 0.0393. The average Bonchev–Trinajstić information content (AvgIpc) is 3.29. The molecular formula is C16H20N4O2. The van der Waals surface area contributed by atoms with Crippen molar-refractivity contribution >= 4 is 5.91 Å². The predicted octanol–water partition coefficient (Wildman–Crippen LogP) is 1.53. The second-order valence-corrected chi connectivity index (χ2v) is 6.08. The maximum absolute atomic E-state index is 12.6. The third-order valence-corrected chi connectivity index (χ3v) is 4.82. The van der Waals surface area contributed by atoms with Gasteiger partial charge in [0.15, 0.2) is 0 Å². The van der Waals surface area contributed by atoms with E-state index in [0.717, 1.165) is 19.4 Å². The van der Waals surface area contributed by atoms with Crippen LogP contribution in [0.3, 0.4) is 0 Å². The molecule has 2 aliphatic rings. The summed E-state index contributed by atoms with van der Waals surface area (Å²) in [5.74, 6) is 0.507. The lowest BCUT2D eigenvalue weighted by Gasteiger charge is -2.39. The summed E-state index contributed by atoms with van der Waals surface area (Å²) < 4.78 is 8.23. The highest BCUT2D eigenvalue weighted by Crippen LogP contribution is 2.36. The first kappa shape index (κ1) is 13.6. The van der Waals surface area contributed by atoms with Gasteiger partial charge in [-0.15, -0.1) is 0 Å². The number of aromatic amines is 1. The lowest BCUT2D eigenvalue weighted by molar-refractivity contribution is -0.0646. The molecule has 6 heteroatoms. The van der Waals surface area contributed by atoms with Gasteiger partial charge in [0, 0.05) is 31.4 Å². The van der Waals surface area contributed by atoms with Gasteiger partial charge in [0.2, 0.25) is 0 Å². The van der Waals surface area contributed by atoms with Crippen molar-refractivity contribution in [1.82, 2.24) is 19.4 Å². The molecular weight excluding hydrogens is 280 g/mol. The first-order valence-corrected chi connectivity index (χ1v) is 7.84. The summed E-state index contributed by atoms with van der Waals surface area (Å²) in [6, 6.07) is 4.27. The Morgan fingerprint density at radius 3 is 3.00 bits per heavy atom. The molecule has 6 nitrogen and oxygen atoms in total. The van der Waals surface area contributed by atoms with Crippen LogP contribution in [-0.4, -0.2) is 50.6 Å². The number of fused-ring (bicyclic) bond motifs is 1. The van der Waals surface area contributed by atoms with Crippen molar-refractivity contribution in [1.29, 1.82) is 0 Å². The highest BCUT2D eigenvalue weighted by Gasteiger charge is 2.44. The molecule has 1 aliphatic heterocycles. The molecule has 1 saturated heterocycles. The molecule has 4 rings (SSSR count). The van der Waals surface area contributed by atoms with Crippen LogP contribution in [0.1, 0.15) is 23.3 Å². The second-order valence-electron chi connectivity index (χ2n) is 6.08. The van der Waals surface area contributed by atoms with Gasteiger partial charge in [-0.25, -0.2) is 4.98 Å². The van der Waals surface area contributed by atoms with Gasteiger partial charge in [-0.2, -0.15) is 0 Å². The lowest BCUT2D eigenvalue weighted by atomic mass is 10.0. The molecule has 0 radical (unpaired) electrons. The van der Waals surface area contributed by atoms with Crippen LogP contribution in [0.4, 0.5) is 0 Å². The van der Waals surface area contributed by atoms with E-state index in [-0.39, 0.29) is 18.1 Å². The van der Waals surface area contributed by atoms with E-state index < -0.39 is 0 Å². The van der Waals surface area contributed by atoms with Crippen LogP contribution in [0.5, 0.6) is 0 Å². The van der Waals surface area contributed by atoms with Crippen LogP contribution >= 0.6 is 0 Å². The third kappa shape index (κ3) is 2.33. The van der Waals surface area contributed by atoms with E-state index in [2.05, 4.69) is 26.9 Å². The van der Waals surface area contributed by atoms with E-state index in [4.69, 9.17) is 4.74 Å². The van der Waals surface area contributed by atoms with Gasteiger partial charge in [0.1, 0.15) is 5.69 Å². The van der Waals surface area contributed by atoms with Crippen molar-refractivity contribution in [2.45, 2.75) is 31.5 Å². The van der Waals surface area contributed by atoms with Gasteiger partial charge >= 0.3 is 0 Å². The van der Waals surface area contributed by atoms with Gasteiger partial charge in [0.05, 0.1) is 31.3 Å². The maximum Gasteiger partial charge on any atom is 0.272 e. The normalized spacial score (nSPS) is 27.8. The highest BCUT2D eigenvalue weighted by atomic mass is 16.5. The number of H-pyrrole nitrogens is 1. The first-order valence-electron chi connectivity index (χ1n) is 7.84. The molecule has 0 bridgehead atoms. The number of carbonyl (C=O) groups is 1. The molecule has 1 amide bonds. The fourth-order valence-corrected chi connectivity index (χ4v) is 3.80. The number of nitrogens with one attached hydrogen (secondary N) is 1. The molecule has 3 unspecified atom stereocenters. The quantitative estimate of drug-likeness (QED) is 0.935. The van der Waals surface area contributed by atoms with E-state index in [9.17, 15) is 4.79 Å². The Morgan fingerprint density at radius 2 is 2.23 bits per heavy atom. The number of carbonyl (C=O) groups excluding carboxylic acids is 1. The van der Waals surface area contributed by atoms with E-state index in [1.807, 2.05) is 17.0 Å². The van der Waals surface area contributed by atoms with Gasteiger partial charge in [-0.1, -0.05) is 0 Å². The van der Waals surface area contributed by atoms with Gasteiger partial charge in [-0.3, -0.25) is 4.79 Å². The van der Waals surface area contributed by atoms with Crippen molar-refractivity contribution in [3.05, 3.63) is 42.7 Å². The monoisotopic (exact) mass is 300 g/mol. The minimum Gasteiger partial charge on any atom is -0.374 e. The second kappa shape index (κ2) is 5.61. The molecule has 2 fully saturated rings. The molecule has 1 saturated carbocycles. The number of imidazole rings is 1. The zero-order valence-corrected chi connectivity index (χ0v) is 12.4. The van der Waals surface area contributed by atoms with Crippen molar-refractivity contribution in [3.63, 3.8) is 0 Å². The zero-order chi connectivity index (χ0) is 14.9. The van der Waals surface area contributed by atoms with Crippen LogP contribution in [0.2, 0.25) is 0 Å². The summed E-state index contributed by atoms with van der Waals surface area (Å²) in [4.78, 5) is 21.5. The third-order valence-electron chi connectivity index (χ3n) is 4.82. The first-order chi connectivity index (χ1) is 10.8. The van der Waals surface area contributed by atoms with Crippen LogP contribution < -0.4 is 0 Å². The SMILES string of the molecule is O=C(c1cnc[nH]1)N1CCOC2C(Cn3cccc3)CCC21. The van der Waals surface area contributed by atoms with E-state index >= 15 is 0 Å². The molecule has 0 aromatic carbocycles. The van der Waals surface area contributed by atoms with E-state index in [1.54, 1.807) is 12.5 Å². The van der Waals surface area contributed by atoms with E-state index in [1.165, 1.54) is 0 Å². The summed E-state index contributed by atoms with van der Waals surface area (Å²) in [5, 5.41) is 0. The Kier molecular flexibility index (Phi) is 3.46. The number of nitrogens with zero attached hydrogens (tertiary/aromatic N) is 3. The fraction of sp³-hybridized carbons (Fsp3) is 0.500. The summed E-state index contributed by atoms with van der Waals surface area (Å²) >= 11 is 0. The van der Waals surface area contributed by atoms with Crippen molar-refractivity contribution in [2.75, 3.05) is 13.2 Å². The summed E-state index contributed by atoms with van der Waals surface area (Å²) in [7, 11) is 0. The van der Waals surface area contributed by atoms with E-state index in [0.29, 0.717) is 24.8 Å². The van der Waals surface area contributed by atoms with Crippen molar-refractivity contribution in [3.8, 4) is 0 Å². The topological polar surface area (TPSA) is 63.1 Å². The molecule has 3 atom stereocenters. The smallest absolute Gasteiger partial charge is 0.272 e. The van der Waals surface area contributed by atoms with Crippen LogP contribution in [0.15, 0.2) is 37.1 Å². The van der Waals surface area contributed by atoms with Gasteiger partial charge in [0.25, 0.3) is 5.91 Å². The fourth-order valence-electron chi connectivity index (χ4n) is 3.80. The molecule has 2 aromatic rings. The lowest BCUT2D eigenvalue weighted by Crippen LogP contribution is -2.53. The van der Waals surface area contributed by atoms with Gasteiger partial charge in [-0.05, 0) is 25.0 Å². The number of rotatable bonds is 3.